The molecule has 2 N–H and O–H groups in total. The summed E-state index contributed by atoms with van der Waals surface area (Å²) in [4.78, 5) is 51.5. The molecule has 14 nitrogen and oxygen atoms in total. The van der Waals surface area contributed by atoms with E-state index in [1.165, 1.54) is 38.1 Å². The first kappa shape index (κ1) is 38.8. The molecule has 1 fully saturated rings. The largest absolute Gasteiger partial charge is 0.496 e. The van der Waals surface area contributed by atoms with Crippen LogP contribution in [0.2, 0.25) is 0 Å². The van der Waals surface area contributed by atoms with Gasteiger partial charge in [0.25, 0.3) is 21.6 Å². The van der Waals surface area contributed by atoms with E-state index in [9.17, 15) is 32.9 Å². The summed E-state index contributed by atoms with van der Waals surface area (Å²) in [5, 5.41) is 14.8. The number of aryl methyl sites for hydroxylation is 1. The number of thioether (sulfide) groups is 1. The molecule has 53 heavy (non-hydrogen) atoms. The van der Waals surface area contributed by atoms with Crippen molar-refractivity contribution in [3.63, 3.8) is 0 Å². The molecule has 1 heterocycles. The summed E-state index contributed by atoms with van der Waals surface area (Å²) in [7, 11) is -1.83. The Bertz CT molecular complexity index is 2060. The SMILES string of the molecule is COC(=O)[C@H](CSc1ccccc1)Nc1ccc(S(=O)(=O)NC(=O)c2ccc(-c3ccc(CCC(=O)N4CCOCC4)cc3OC)cc2)cc1[N+](=O)[O-]. The van der Waals surface area contributed by atoms with Gasteiger partial charge >= 0.3 is 5.97 Å². The third-order valence-corrected chi connectivity index (χ3v) is 10.8. The number of morpholine rings is 1. The summed E-state index contributed by atoms with van der Waals surface area (Å²) in [6.07, 6.45) is 0.888. The van der Waals surface area contributed by atoms with E-state index in [-0.39, 0.29) is 22.9 Å². The number of nitrogens with zero attached hydrogens (tertiary/aromatic N) is 2. The summed E-state index contributed by atoms with van der Waals surface area (Å²) in [5.74, 6) is -0.817. The van der Waals surface area contributed by atoms with E-state index in [2.05, 4.69) is 5.32 Å². The maximum atomic E-state index is 13.2. The molecule has 2 amide bonds. The second-order valence-electron chi connectivity index (χ2n) is 11.8. The van der Waals surface area contributed by atoms with E-state index < -0.39 is 43.4 Å². The fraction of sp³-hybridized carbons (Fsp3) is 0.270. The molecule has 0 spiro atoms. The molecule has 0 unspecified atom stereocenters. The minimum atomic E-state index is -4.55. The van der Waals surface area contributed by atoms with Crippen LogP contribution in [0.4, 0.5) is 11.4 Å². The Hall–Kier alpha value is -5.45. The van der Waals surface area contributed by atoms with Crippen molar-refractivity contribution in [2.75, 3.05) is 51.6 Å². The van der Waals surface area contributed by atoms with Gasteiger partial charge in [0, 0.05) is 47.4 Å². The Labute approximate surface area is 311 Å². The van der Waals surface area contributed by atoms with Gasteiger partial charge < -0.3 is 24.4 Å². The van der Waals surface area contributed by atoms with Crippen molar-refractivity contribution < 1.29 is 41.9 Å². The minimum Gasteiger partial charge on any atom is -0.496 e. The van der Waals surface area contributed by atoms with Gasteiger partial charge in [-0.3, -0.25) is 19.7 Å². The summed E-state index contributed by atoms with van der Waals surface area (Å²) < 4.78 is 44.2. The number of anilines is 1. The molecule has 5 rings (SSSR count). The molecule has 1 aliphatic heterocycles. The minimum absolute atomic E-state index is 0.0270. The summed E-state index contributed by atoms with van der Waals surface area (Å²) in [6.45, 7) is 2.25. The van der Waals surface area contributed by atoms with Gasteiger partial charge in [-0.25, -0.2) is 17.9 Å². The number of sulfonamides is 1. The number of amides is 2. The normalized spacial score (nSPS) is 13.4. The number of carbonyl (C=O) groups excluding carboxylic acids is 3. The van der Waals surface area contributed by atoms with Crippen LogP contribution in [-0.2, 0) is 35.5 Å². The van der Waals surface area contributed by atoms with Crippen molar-refractivity contribution in [2.45, 2.75) is 28.7 Å². The van der Waals surface area contributed by atoms with E-state index >= 15 is 0 Å². The average Bonchev–Trinajstić information content (AvgIpc) is 3.18. The zero-order chi connectivity index (χ0) is 38.0. The number of hydrogen-bond donors (Lipinski definition) is 2. The zero-order valence-corrected chi connectivity index (χ0v) is 30.6. The number of nitro benzene ring substituents is 1. The van der Waals surface area contributed by atoms with Crippen LogP contribution in [0.15, 0.2) is 101 Å². The van der Waals surface area contributed by atoms with Crippen LogP contribution < -0.4 is 14.8 Å². The van der Waals surface area contributed by atoms with Gasteiger partial charge in [-0.15, -0.1) is 11.8 Å². The predicted molar refractivity (Wildman–Crippen MR) is 198 cm³/mol. The second kappa shape index (κ2) is 17.9. The first-order valence-electron chi connectivity index (χ1n) is 16.5. The maximum absolute atomic E-state index is 13.2. The predicted octanol–water partition coefficient (Wildman–Crippen LogP) is 4.93. The number of rotatable bonds is 15. The van der Waals surface area contributed by atoms with E-state index in [0.717, 1.165) is 34.2 Å². The van der Waals surface area contributed by atoms with Crippen LogP contribution in [0.5, 0.6) is 5.75 Å². The smallest absolute Gasteiger partial charge is 0.329 e. The van der Waals surface area contributed by atoms with Crippen molar-refractivity contribution in [1.82, 2.24) is 9.62 Å². The van der Waals surface area contributed by atoms with Crippen LogP contribution in [0.25, 0.3) is 11.1 Å². The van der Waals surface area contributed by atoms with Crippen LogP contribution in [-0.4, -0.2) is 88.3 Å². The average molecular weight is 763 g/mol. The number of nitrogens with one attached hydrogen (secondary N) is 2. The molecule has 0 saturated carbocycles. The third-order valence-electron chi connectivity index (χ3n) is 8.39. The molecule has 16 heteroatoms. The number of benzene rings is 4. The Morgan fingerprint density at radius 2 is 1.68 bits per heavy atom. The van der Waals surface area contributed by atoms with Crippen molar-refractivity contribution in [3.05, 3.63) is 112 Å². The lowest BCUT2D eigenvalue weighted by Gasteiger charge is -2.26. The van der Waals surface area contributed by atoms with Gasteiger partial charge in [0.1, 0.15) is 17.5 Å². The van der Waals surface area contributed by atoms with Crippen molar-refractivity contribution in [1.29, 1.82) is 0 Å². The molecule has 1 atom stereocenters. The van der Waals surface area contributed by atoms with Crippen LogP contribution in [0.3, 0.4) is 0 Å². The van der Waals surface area contributed by atoms with E-state index in [4.69, 9.17) is 14.2 Å². The molecule has 0 bridgehead atoms. The van der Waals surface area contributed by atoms with Gasteiger partial charge in [-0.05, 0) is 60.0 Å². The highest BCUT2D eigenvalue weighted by Gasteiger charge is 2.27. The number of carbonyl (C=O) groups is 3. The number of methoxy groups -OCH3 is 2. The van der Waals surface area contributed by atoms with Crippen molar-refractivity contribution in [3.8, 4) is 16.9 Å². The Balaban J connectivity index is 1.25. The monoisotopic (exact) mass is 762 g/mol. The van der Waals surface area contributed by atoms with Crippen LogP contribution in [0.1, 0.15) is 22.3 Å². The van der Waals surface area contributed by atoms with E-state index in [1.54, 1.807) is 17.0 Å². The molecule has 1 saturated heterocycles. The van der Waals surface area contributed by atoms with Crippen LogP contribution in [0, 0.1) is 10.1 Å². The maximum Gasteiger partial charge on any atom is 0.329 e. The fourth-order valence-electron chi connectivity index (χ4n) is 5.54. The lowest BCUT2D eigenvalue weighted by atomic mass is 9.99. The highest BCUT2D eigenvalue weighted by Crippen LogP contribution is 2.32. The molecular formula is C37H38N4O10S2. The van der Waals surface area contributed by atoms with Gasteiger partial charge in [-0.2, -0.15) is 0 Å². The zero-order valence-electron chi connectivity index (χ0n) is 29.0. The number of ether oxygens (including phenoxy) is 3. The van der Waals surface area contributed by atoms with E-state index in [0.29, 0.717) is 50.5 Å². The van der Waals surface area contributed by atoms with Gasteiger partial charge in [0.05, 0.1) is 37.3 Å². The van der Waals surface area contributed by atoms with Gasteiger partial charge in [-0.1, -0.05) is 42.5 Å². The first-order valence-corrected chi connectivity index (χ1v) is 19.0. The molecule has 0 aliphatic carbocycles. The lowest BCUT2D eigenvalue weighted by molar-refractivity contribution is -0.384. The number of nitro groups is 1. The second-order valence-corrected chi connectivity index (χ2v) is 14.6. The fourth-order valence-corrected chi connectivity index (χ4v) is 7.46. The molecule has 4 aromatic rings. The Morgan fingerprint density at radius 1 is 0.962 bits per heavy atom. The van der Waals surface area contributed by atoms with Crippen LogP contribution >= 0.6 is 11.8 Å². The molecule has 278 valence electrons. The lowest BCUT2D eigenvalue weighted by Crippen LogP contribution is -2.40. The Kier molecular flexibility index (Phi) is 13.1. The van der Waals surface area contributed by atoms with Crippen molar-refractivity contribution >= 4 is 50.9 Å². The number of hydrogen-bond acceptors (Lipinski definition) is 12. The number of esters is 1. The Morgan fingerprint density at radius 3 is 2.34 bits per heavy atom. The topological polar surface area (TPSA) is 183 Å². The third kappa shape index (κ3) is 10.1. The summed E-state index contributed by atoms with van der Waals surface area (Å²) in [6, 6.07) is 23.1. The molecular weight excluding hydrogens is 725 g/mol. The molecule has 0 aromatic heterocycles. The van der Waals surface area contributed by atoms with Gasteiger partial charge in [0.15, 0.2) is 0 Å². The molecule has 0 radical (unpaired) electrons. The quantitative estimate of drug-likeness (QED) is 0.0722. The molecule has 1 aliphatic rings. The highest BCUT2D eigenvalue weighted by molar-refractivity contribution is 7.99. The summed E-state index contributed by atoms with van der Waals surface area (Å²) in [5.41, 5.74) is 1.64. The molecule has 4 aromatic carbocycles. The highest BCUT2D eigenvalue weighted by atomic mass is 32.2. The first-order chi connectivity index (χ1) is 25.5. The standard InChI is InChI=1S/C37H38N4O10S2/c1-49-34-22-25(9-17-35(42)40-18-20-51-21-19-40)8-15-30(34)26-10-12-27(13-11-26)36(43)39-53(47,48)29-14-16-31(33(23-29)41(45)46)38-32(37(44)50-2)24-52-28-6-4-3-5-7-28/h3-8,10-16,22-23,32,38H,9,17-21,24H2,1-2H3,(H,39,43)/t32-/m0/s1. The summed E-state index contributed by atoms with van der Waals surface area (Å²) >= 11 is 1.33. The van der Waals surface area contributed by atoms with Gasteiger partial charge in [0.2, 0.25) is 5.91 Å². The van der Waals surface area contributed by atoms with Crippen molar-refractivity contribution in [2.24, 2.45) is 0 Å². The van der Waals surface area contributed by atoms with E-state index in [1.807, 2.05) is 53.3 Å².